The van der Waals surface area contributed by atoms with Gasteiger partial charge in [-0.05, 0) is 43.4 Å². The highest BCUT2D eigenvalue weighted by atomic mass is 32.1. The summed E-state index contributed by atoms with van der Waals surface area (Å²) in [7, 11) is 0. The van der Waals surface area contributed by atoms with Crippen molar-refractivity contribution in [2.24, 2.45) is 0 Å². The Morgan fingerprint density at radius 2 is 2.04 bits per heavy atom. The number of amides is 1. The maximum atomic E-state index is 13.6. The van der Waals surface area contributed by atoms with Crippen LogP contribution in [0.2, 0.25) is 0 Å². The molecule has 25 heavy (non-hydrogen) atoms. The number of H-pyrrole nitrogens is 1. The first-order valence-electron chi connectivity index (χ1n) is 7.79. The average Bonchev–Trinajstić information content (AvgIpc) is 2.60. The number of rotatable bonds is 4. The van der Waals surface area contributed by atoms with Crippen LogP contribution in [0.25, 0.3) is 10.9 Å². The number of nitrogens with one attached hydrogen (secondary N) is 2. The van der Waals surface area contributed by atoms with Gasteiger partial charge in [-0.15, -0.1) is 0 Å². The molecule has 3 rings (SSSR count). The third kappa shape index (κ3) is 3.36. The molecule has 0 atom stereocenters. The van der Waals surface area contributed by atoms with E-state index >= 15 is 0 Å². The quantitative estimate of drug-likeness (QED) is 0.705. The van der Waals surface area contributed by atoms with E-state index in [4.69, 9.17) is 12.2 Å². The Kier molecular flexibility index (Phi) is 4.76. The lowest BCUT2D eigenvalue weighted by molar-refractivity contribution is 0.0950. The van der Waals surface area contributed by atoms with E-state index in [-0.39, 0.29) is 23.8 Å². The summed E-state index contributed by atoms with van der Waals surface area (Å²) >= 11 is 5.17. The topological polar surface area (TPSA) is 66.9 Å². The number of aromatic amines is 1. The molecule has 3 aromatic rings. The second kappa shape index (κ2) is 6.98. The number of aromatic nitrogens is 2. The number of halogens is 1. The number of fused-ring (bicyclic) bond motifs is 1. The van der Waals surface area contributed by atoms with Crippen molar-refractivity contribution >= 4 is 29.0 Å². The largest absolute Gasteiger partial charge is 0.348 e. The summed E-state index contributed by atoms with van der Waals surface area (Å²) in [4.78, 5) is 27.6. The van der Waals surface area contributed by atoms with E-state index in [2.05, 4.69) is 10.3 Å². The lowest BCUT2D eigenvalue weighted by atomic mass is 10.1. The molecule has 0 spiro atoms. The zero-order valence-electron chi connectivity index (χ0n) is 13.5. The minimum absolute atomic E-state index is 0.0803. The summed E-state index contributed by atoms with van der Waals surface area (Å²) in [5.41, 5.74) is 1.07. The van der Waals surface area contributed by atoms with Crippen LogP contribution in [-0.2, 0) is 13.1 Å². The lowest BCUT2D eigenvalue weighted by Gasteiger charge is -2.08. The minimum Gasteiger partial charge on any atom is -0.348 e. The van der Waals surface area contributed by atoms with E-state index in [0.717, 1.165) is 0 Å². The van der Waals surface area contributed by atoms with Gasteiger partial charge in [0.2, 0.25) is 0 Å². The maximum absolute atomic E-state index is 13.6. The fourth-order valence-corrected chi connectivity index (χ4v) is 2.92. The number of nitrogens with zero attached hydrogens (tertiary/aromatic N) is 1. The molecule has 2 aromatic carbocycles. The molecule has 0 saturated heterocycles. The Morgan fingerprint density at radius 3 is 2.76 bits per heavy atom. The van der Waals surface area contributed by atoms with Crippen LogP contribution in [-0.4, -0.2) is 15.5 Å². The number of hydrogen-bond donors (Lipinski definition) is 2. The van der Waals surface area contributed by atoms with Crippen molar-refractivity contribution in [2.45, 2.75) is 20.0 Å². The first-order valence-corrected chi connectivity index (χ1v) is 8.20. The predicted octanol–water partition coefficient (Wildman–Crippen LogP) is 3.15. The molecule has 2 N–H and O–H groups in total. The summed E-state index contributed by atoms with van der Waals surface area (Å²) < 4.78 is 15.4. The van der Waals surface area contributed by atoms with Crippen LogP contribution in [0.4, 0.5) is 4.39 Å². The molecule has 7 heteroatoms. The Labute approximate surface area is 148 Å². The first kappa shape index (κ1) is 17.0. The molecule has 0 radical (unpaired) electrons. The molecule has 0 aliphatic heterocycles. The van der Waals surface area contributed by atoms with Crippen LogP contribution in [0.5, 0.6) is 0 Å². The van der Waals surface area contributed by atoms with Gasteiger partial charge in [-0.2, -0.15) is 0 Å². The Morgan fingerprint density at radius 1 is 1.28 bits per heavy atom. The fourth-order valence-electron chi connectivity index (χ4n) is 2.60. The summed E-state index contributed by atoms with van der Waals surface area (Å²) in [6.07, 6.45) is 0. The molecule has 0 bridgehead atoms. The van der Waals surface area contributed by atoms with Crippen molar-refractivity contribution in [2.75, 3.05) is 0 Å². The van der Waals surface area contributed by atoms with Crippen LogP contribution in [0.3, 0.4) is 0 Å². The van der Waals surface area contributed by atoms with Gasteiger partial charge in [-0.3, -0.25) is 14.2 Å². The predicted molar refractivity (Wildman–Crippen MR) is 96.6 cm³/mol. The Hall–Kier alpha value is -2.80. The van der Waals surface area contributed by atoms with E-state index in [9.17, 15) is 14.0 Å². The molecule has 1 amide bonds. The molecule has 1 aromatic heterocycles. The van der Waals surface area contributed by atoms with Crippen LogP contribution in [0.1, 0.15) is 22.8 Å². The fraction of sp³-hybridized carbons (Fsp3) is 0.167. The van der Waals surface area contributed by atoms with E-state index in [1.165, 1.54) is 10.6 Å². The smallest absolute Gasteiger partial charge is 0.262 e. The molecule has 128 valence electrons. The summed E-state index contributed by atoms with van der Waals surface area (Å²) in [5.74, 6) is -0.727. The Balaban J connectivity index is 1.89. The van der Waals surface area contributed by atoms with Gasteiger partial charge in [0, 0.05) is 24.2 Å². The van der Waals surface area contributed by atoms with Crippen molar-refractivity contribution in [1.29, 1.82) is 0 Å². The number of benzene rings is 2. The second-order valence-electron chi connectivity index (χ2n) is 5.51. The zero-order valence-corrected chi connectivity index (χ0v) is 14.3. The standard InChI is InChI=1S/C18H16FN3O2S/c1-2-22-17(24)13-8-7-11(9-15(13)21-18(22)25)16(23)20-10-12-5-3-4-6-14(12)19/h3-9H,2,10H2,1H3,(H,20,23)(H,21,25). The molecular formula is C18H16FN3O2S. The van der Waals surface area contributed by atoms with Gasteiger partial charge in [-0.25, -0.2) is 4.39 Å². The van der Waals surface area contributed by atoms with E-state index < -0.39 is 0 Å². The van der Waals surface area contributed by atoms with E-state index in [0.29, 0.717) is 33.3 Å². The molecule has 0 saturated carbocycles. The monoisotopic (exact) mass is 357 g/mol. The van der Waals surface area contributed by atoms with Gasteiger partial charge in [-0.1, -0.05) is 18.2 Å². The van der Waals surface area contributed by atoms with Crippen LogP contribution in [0, 0.1) is 10.6 Å². The highest BCUT2D eigenvalue weighted by molar-refractivity contribution is 7.71. The lowest BCUT2D eigenvalue weighted by Crippen LogP contribution is -2.24. The number of carbonyl (C=O) groups is 1. The van der Waals surface area contributed by atoms with Crippen LogP contribution >= 0.6 is 12.2 Å². The first-order chi connectivity index (χ1) is 12.0. The van der Waals surface area contributed by atoms with Crippen LogP contribution < -0.4 is 10.9 Å². The SMILES string of the molecule is CCn1c(=S)[nH]c2cc(C(=O)NCc3ccccc3F)ccc2c1=O. The van der Waals surface area contributed by atoms with Gasteiger partial charge in [0.15, 0.2) is 4.77 Å². The van der Waals surface area contributed by atoms with Gasteiger partial charge in [0.25, 0.3) is 11.5 Å². The van der Waals surface area contributed by atoms with Gasteiger partial charge < -0.3 is 10.3 Å². The van der Waals surface area contributed by atoms with Gasteiger partial charge in [0.05, 0.1) is 10.9 Å². The van der Waals surface area contributed by atoms with Crippen LogP contribution in [0.15, 0.2) is 47.3 Å². The van der Waals surface area contributed by atoms with E-state index in [1.807, 2.05) is 6.92 Å². The van der Waals surface area contributed by atoms with Crippen molar-refractivity contribution in [3.05, 3.63) is 74.5 Å². The zero-order chi connectivity index (χ0) is 18.0. The van der Waals surface area contributed by atoms with Crippen molar-refractivity contribution in [3.8, 4) is 0 Å². The summed E-state index contributed by atoms with van der Waals surface area (Å²) in [6.45, 7) is 2.38. The van der Waals surface area contributed by atoms with Gasteiger partial charge >= 0.3 is 0 Å². The minimum atomic E-state index is -0.370. The van der Waals surface area contributed by atoms with E-state index in [1.54, 1.807) is 36.4 Å². The summed E-state index contributed by atoms with van der Waals surface area (Å²) in [5, 5.41) is 3.13. The number of carbonyl (C=O) groups excluding carboxylic acids is 1. The normalized spacial score (nSPS) is 10.8. The molecule has 1 heterocycles. The highest BCUT2D eigenvalue weighted by Crippen LogP contribution is 2.12. The number of hydrogen-bond acceptors (Lipinski definition) is 3. The van der Waals surface area contributed by atoms with Crippen molar-refractivity contribution in [3.63, 3.8) is 0 Å². The summed E-state index contributed by atoms with van der Waals surface area (Å²) in [6, 6.07) is 11.0. The molecule has 0 fully saturated rings. The molecule has 0 aliphatic carbocycles. The Bertz CT molecular complexity index is 1070. The molecule has 0 aliphatic rings. The molecular weight excluding hydrogens is 341 g/mol. The maximum Gasteiger partial charge on any atom is 0.262 e. The van der Waals surface area contributed by atoms with Crippen molar-refractivity contribution < 1.29 is 9.18 Å². The second-order valence-corrected chi connectivity index (χ2v) is 5.90. The van der Waals surface area contributed by atoms with Gasteiger partial charge in [0.1, 0.15) is 5.82 Å². The third-order valence-corrected chi connectivity index (χ3v) is 4.28. The highest BCUT2D eigenvalue weighted by Gasteiger charge is 2.10. The van der Waals surface area contributed by atoms with Crippen molar-refractivity contribution in [1.82, 2.24) is 14.9 Å². The molecule has 0 unspecified atom stereocenters. The average molecular weight is 357 g/mol. The molecule has 5 nitrogen and oxygen atoms in total. The third-order valence-electron chi connectivity index (χ3n) is 3.96.